The third-order valence-electron chi connectivity index (χ3n) is 3.36. The van der Waals surface area contributed by atoms with Crippen LogP contribution in [0, 0.1) is 0 Å². The van der Waals surface area contributed by atoms with Crippen molar-refractivity contribution < 1.29 is 4.79 Å². The fourth-order valence-electron chi connectivity index (χ4n) is 2.42. The molecular formula is C14H14BrNOS. The average Bonchev–Trinajstić information content (AvgIpc) is 2.82. The molecule has 3 rings (SSSR count). The highest BCUT2D eigenvalue weighted by atomic mass is 79.9. The molecule has 0 aliphatic carbocycles. The van der Waals surface area contributed by atoms with Crippen LogP contribution in [-0.4, -0.2) is 28.7 Å². The number of rotatable bonds is 1. The second-order valence-electron chi connectivity index (χ2n) is 4.64. The minimum atomic E-state index is 0.177. The first-order valence-electron chi connectivity index (χ1n) is 6.15. The zero-order valence-corrected chi connectivity index (χ0v) is 12.3. The summed E-state index contributed by atoms with van der Waals surface area (Å²) in [6.45, 7) is 1.70. The lowest BCUT2D eigenvalue weighted by Crippen LogP contribution is -2.40. The van der Waals surface area contributed by atoms with Crippen molar-refractivity contribution in [1.29, 1.82) is 0 Å². The van der Waals surface area contributed by atoms with E-state index in [-0.39, 0.29) is 5.91 Å². The van der Waals surface area contributed by atoms with Crippen molar-refractivity contribution >= 4 is 43.3 Å². The van der Waals surface area contributed by atoms with Crippen LogP contribution in [0.5, 0.6) is 0 Å². The van der Waals surface area contributed by atoms with Gasteiger partial charge in [-0.15, -0.1) is 11.3 Å². The summed E-state index contributed by atoms with van der Waals surface area (Å²) in [6.07, 6.45) is 2.25. The van der Waals surface area contributed by atoms with Gasteiger partial charge in [0.15, 0.2) is 0 Å². The summed E-state index contributed by atoms with van der Waals surface area (Å²) in [5.41, 5.74) is 0.859. The molecule has 1 aliphatic rings. The van der Waals surface area contributed by atoms with Gasteiger partial charge < -0.3 is 4.90 Å². The molecule has 1 aliphatic heterocycles. The summed E-state index contributed by atoms with van der Waals surface area (Å²) >= 11 is 5.27. The summed E-state index contributed by atoms with van der Waals surface area (Å²) in [5, 5.41) is 3.08. The van der Waals surface area contributed by atoms with Gasteiger partial charge in [-0.1, -0.05) is 34.1 Å². The molecule has 1 aromatic carbocycles. The van der Waals surface area contributed by atoms with Gasteiger partial charge in [-0.3, -0.25) is 4.79 Å². The largest absolute Gasteiger partial charge is 0.337 e. The lowest BCUT2D eigenvalue weighted by atomic mass is 10.1. The minimum Gasteiger partial charge on any atom is -0.337 e. The van der Waals surface area contributed by atoms with E-state index in [1.807, 2.05) is 28.5 Å². The Morgan fingerprint density at radius 1 is 1.39 bits per heavy atom. The van der Waals surface area contributed by atoms with E-state index in [4.69, 9.17) is 0 Å². The Bertz CT molecular complexity index is 580. The van der Waals surface area contributed by atoms with Gasteiger partial charge >= 0.3 is 0 Å². The number of alkyl halides is 1. The number of hydrogen-bond acceptors (Lipinski definition) is 2. The Balaban J connectivity index is 1.92. The lowest BCUT2D eigenvalue weighted by Gasteiger charge is -2.29. The first kappa shape index (κ1) is 12.2. The summed E-state index contributed by atoms with van der Waals surface area (Å²) in [7, 11) is 0. The molecule has 2 heterocycles. The first-order valence-corrected chi connectivity index (χ1v) is 7.95. The van der Waals surface area contributed by atoms with Gasteiger partial charge in [0.1, 0.15) is 0 Å². The van der Waals surface area contributed by atoms with Crippen molar-refractivity contribution in [1.82, 2.24) is 4.90 Å². The lowest BCUT2D eigenvalue weighted by molar-refractivity contribution is 0.0732. The molecule has 0 bridgehead atoms. The van der Waals surface area contributed by atoms with E-state index in [9.17, 15) is 4.79 Å². The Labute approximate surface area is 119 Å². The van der Waals surface area contributed by atoms with Crippen molar-refractivity contribution in [2.24, 2.45) is 0 Å². The molecule has 1 fully saturated rings. The van der Waals surface area contributed by atoms with Gasteiger partial charge in [0.25, 0.3) is 5.91 Å². The van der Waals surface area contributed by atoms with Gasteiger partial charge in [0.05, 0.1) is 5.56 Å². The fourth-order valence-corrected chi connectivity index (χ4v) is 4.03. The van der Waals surface area contributed by atoms with E-state index in [2.05, 4.69) is 22.0 Å². The molecule has 1 atom stereocenters. The van der Waals surface area contributed by atoms with Gasteiger partial charge in [-0.2, -0.15) is 0 Å². The molecule has 2 nitrogen and oxygen atoms in total. The van der Waals surface area contributed by atoms with Crippen LogP contribution in [0.4, 0.5) is 0 Å². The van der Waals surface area contributed by atoms with E-state index < -0.39 is 0 Å². The molecule has 2 aromatic rings. The smallest absolute Gasteiger partial charge is 0.255 e. The van der Waals surface area contributed by atoms with Crippen molar-refractivity contribution in [2.45, 2.75) is 17.7 Å². The molecule has 1 amide bonds. The Kier molecular flexibility index (Phi) is 3.39. The van der Waals surface area contributed by atoms with Crippen LogP contribution in [0.25, 0.3) is 10.1 Å². The maximum Gasteiger partial charge on any atom is 0.255 e. The average molecular weight is 324 g/mol. The molecule has 0 saturated carbocycles. The monoisotopic (exact) mass is 323 g/mol. The maximum absolute atomic E-state index is 12.5. The van der Waals surface area contributed by atoms with E-state index >= 15 is 0 Å². The number of carbonyl (C=O) groups is 1. The van der Waals surface area contributed by atoms with Crippen LogP contribution in [0.1, 0.15) is 23.2 Å². The normalized spacial score (nSPS) is 20.3. The summed E-state index contributed by atoms with van der Waals surface area (Å²) in [4.78, 5) is 14.9. The van der Waals surface area contributed by atoms with Crippen LogP contribution in [0.3, 0.4) is 0 Å². The predicted octanol–water partition coefficient (Wildman–Crippen LogP) is 3.90. The van der Waals surface area contributed by atoms with Gasteiger partial charge in [0.2, 0.25) is 0 Å². The summed E-state index contributed by atoms with van der Waals surface area (Å²) in [5.74, 6) is 0.177. The highest BCUT2D eigenvalue weighted by molar-refractivity contribution is 9.09. The third-order valence-corrected chi connectivity index (χ3v) is 5.07. The van der Waals surface area contributed by atoms with Crippen LogP contribution in [0.2, 0.25) is 0 Å². The molecule has 1 aromatic heterocycles. The topological polar surface area (TPSA) is 20.3 Å². The second kappa shape index (κ2) is 5.02. The second-order valence-corrected chi connectivity index (χ2v) is 6.84. The molecule has 4 heteroatoms. The molecular weight excluding hydrogens is 310 g/mol. The van der Waals surface area contributed by atoms with Crippen molar-refractivity contribution in [3.8, 4) is 0 Å². The predicted molar refractivity (Wildman–Crippen MR) is 79.7 cm³/mol. The fraction of sp³-hybridized carbons (Fsp3) is 0.357. The molecule has 0 radical (unpaired) electrons. The van der Waals surface area contributed by atoms with Crippen LogP contribution in [0.15, 0.2) is 29.6 Å². The summed E-state index contributed by atoms with van der Waals surface area (Å²) < 4.78 is 1.19. The van der Waals surface area contributed by atoms with Gasteiger partial charge in [-0.25, -0.2) is 0 Å². The summed E-state index contributed by atoms with van der Waals surface area (Å²) in [6, 6.07) is 8.12. The van der Waals surface area contributed by atoms with E-state index in [1.54, 1.807) is 11.3 Å². The Morgan fingerprint density at radius 3 is 3.06 bits per heavy atom. The van der Waals surface area contributed by atoms with Crippen molar-refractivity contribution in [3.63, 3.8) is 0 Å². The SMILES string of the molecule is O=C(c1csc2ccccc12)N1CCCC(Br)C1. The number of piperidine rings is 1. The molecule has 0 spiro atoms. The zero-order valence-electron chi connectivity index (χ0n) is 9.93. The van der Waals surface area contributed by atoms with Crippen LogP contribution >= 0.6 is 27.3 Å². The number of carbonyl (C=O) groups excluding carboxylic acids is 1. The number of benzene rings is 1. The third kappa shape index (κ3) is 2.19. The number of halogens is 1. The van der Waals surface area contributed by atoms with E-state index in [1.165, 1.54) is 4.70 Å². The Morgan fingerprint density at radius 2 is 2.22 bits per heavy atom. The molecule has 18 heavy (non-hydrogen) atoms. The quantitative estimate of drug-likeness (QED) is 0.729. The molecule has 1 saturated heterocycles. The van der Waals surface area contributed by atoms with Crippen molar-refractivity contribution in [3.05, 3.63) is 35.2 Å². The number of amides is 1. The highest BCUT2D eigenvalue weighted by Gasteiger charge is 2.24. The first-order chi connectivity index (χ1) is 8.75. The number of likely N-dealkylation sites (tertiary alicyclic amines) is 1. The standard InChI is InChI=1S/C14H14BrNOS/c15-10-4-3-7-16(8-10)14(17)12-9-18-13-6-2-1-5-11(12)13/h1-2,5-6,9-10H,3-4,7-8H2. The molecule has 0 N–H and O–H groups in total. The Hall–Kier alpha value is -0.870. The van der Waals surface area contributed by atoms with Crippen molar-refractivity contribution in [2.75, 3.05) is 13.1 Å². The van der Waals surface area contributed by atoms with Crippen LogP contribution < -0.4 is 0 Å². The molecule has 1 unspecified atom stereocenters. The number of hydrogen-bond donors (Lipinski definition) is 0. The van der Waals surface area contributed by atoms with Gasteiger partial charge in [-0.05, 0) is 18.9 Å². The van der Waals surface area contributed by atoms with Gasteiger partial charge in [0, 0.05) is 33.4 Å². The zero-order chi connectivity index (χ0) is 12.5. The van der Waals surface area contributed by atoms with E-state index in [0.717, 1.165) is 36.9 Å². The number of fused-ring (bicyclic) bond motifs is 1. The van der Waals surface area contributed by atoms with Crippen LogP contribution in [-0.2, 0) is 0 Å². The highest BCUT2D eigenvalue weighted by Crippen LogP contribution is 2.28. The minimum absolute atomic E-state index is 0.177. The molecule has 94 valence electrons. The number of thiophene rings is 1. The maximum atomic E-state index is 12.5. The number of nitrogens with zero attached hydrogens (tertiary/aromatic N) is 1. The van der Waals surface area contributed by atoms with E-state index in [0.29, 0.717) is 4.83 Å².